The van der Waals surface area contributed by atoms with Crippen molar-refractivity contribution in [1.82, 2.24) is 4.90 Å². The second-order valence-electron chi connectivity index (χ2n) is 6.97. The molecule has 0 amide bonds. The number of ether oxygens (including phenoxy) is 3. The molecule has 2 rings (SSSR count). The molecule has 0 spiro atoms. The van der Waals surface area contributed by atoms with Crippen LogP contribution in [0.3, 0.4) is 0 Å². The van der Waals surface area contributed by atoms with E-state index in [1.807, 2.05) is 0 Å². The van der Waals surface area contributed by atoms with E-state index in [1.165, 1.54) is 44.9 Å². The fourth-order valence-electron chi connectivity index (χ4n) is 3.39. The maximum Gasteiger partial charge on any atom is 0.166 e. The lowest BCUT2D eigenvalue weighted by Gasteiger charge is -2.29. The molecule has 2 heterocycles. The predicted molar refractivity (Wildman–Crippen MR) is 89.1 cm³/mol. The van der Waals surface area contributed by atoms with Crippen LogP contribution in [0.5, 0.6) is 0 Å². The van der Waals surface area contributed by atoms with Crippen molar-refractivity contribution < 1.29 is 14.2 Å². The smallest absolute Gasteiger partial charge is 0.166 e. The van der Waals surface area contributed by atoms with Crippen LogP contribution in [0, 0.1) is 0 Å². The summed E-state index contributed by atoms with van der Waals surface area (Å²) < 4.78 is 17.5. The summed E-state index contributed by atoms with van der Waals surface area (Å²) in [5, 5.41) is 0. The van der Waals surface area contributed by atoms with Crippen molar-refractivity contribution in [2.45, 2.75) is 77.1 Å². The van der Waals surface area contributed by atoms with Crippen molar-refractivity contribution in [1.29, 1.82) is 0 Å². The van der Waals surface area contributed by atoms with Crippen LogP contribution in [0.4, 0.5) is 0 Å². The van der Waals surface area contributed by atoms with E-state index in [0.717, 1.165) is 45.9 Å². The molecule has 2 aliphatic heterocycles. The number of morpholine rings is 1. The van der Waals surface area contributed by atoms with Crippen LogP contribution in [0.25, 0.3) is 0 Å². The highest BCUT2D eigenvalue weighted by Gasteiger charge is 2.37. The summed E-state index contributed by atoms with van der Waals surface area (Å²) >= 11 is 0. The molecule has 0 aromatic heterocycles. The third-order valence-electron chi connectivity index (χ3n) is 4.79. The predicted octanol–water partition coefficient (Wildman–Crippen LogP) is 3.59. The average Bonchev–Trinajstić information content (AvgIpc) is 2.89. The van der Waals surface area contributed by atoms with Gasteiger partial charge >= 0.3 is 0 Å². The van der Waals surface area contributed by atoms with Crippen molar-refractivity contribution in [2.75, 3.05) is 39.5 Å². The van der Waals surface area contributed by atoms with Gasteiger partial charge in [0.1, 0.15) is 0 Å². The number of hydrogen-bond donors (Lipinski definition) is 0. The molecule has 4 nitrogen and oxygen atoms in total. The van der Waals surface area contributed by atoms with Crippen molar-refractivity contribution in [3.63, 3.8) is 0 Å². The molecule has 2 saturated heterocycles. The molecule has 4 heteroatoms. The van der Waals surface area contributed by atoms with Crippen LogP contribution in [0.15, 0.2) is 0 Å². The summed E-state index contributed by atoms with van der Waals surface area (Å²) in [4.78, 5) is 2.43. The minimum atomic E-state index is -0.347. The summed E-state index contributed by atoms with van der Waals surface area (Å²) in [5.74, 6) is -0.347. The van der Waals surface area contributed by atoms with Crippen molar-refractivity contribution >= 4 is 0 Å². The van der Waals surface area contributed by atoms with Gasteiger partial charge in [-0.3, -0.25) is 4.90 Å². The van der Waals surface area contributed by atoms with E-state index in [4.69, 9.17) is 14.2 Å². The van der Waals surface area contributed by atoms with E-state index in [1.54, 1.807) is 0 Å². The Bertz CT molecular complexity index is 294. The fourth-order valence-corrected chi connectivity index (χ4v) is 3.39. The maximum atomic E-state index is 6.19. The van der Waals surface area contributed by atoms with E-state index >= 15 is 0 Å². The van der Waals surface area contributed by atoms with Crippen molar-refractivity contribution in [3.8, 4) is 0 Å². The van der Waals surface area contributed by atoms with Crippen LogP contribution < -0.4 is 0 Å². The average molecular weight is 313 g/mol. The zero-order valence-electron chi connectivity index (χ0n) is 14.6. The highest BCUT2D eigenvalue weighted by molar-refractivity contribution is 4.78. The zero-order chi connectivity index (χ0) is 15.7. The molecule has 0 saturated carbocycles. The molecular weight excluding hydrogens is 278 g/mol. The number of nitrogens with zero attached hydrogens (tertiary/aromatic N) is 1. The fraction of sp³-hybridized carbons (Fsp3) is 1.00. The molecule has 2 fully saturated rings. The third kappa shape index (κ3) is 6.53. The highest BCUT2D eigenvalue weighted by atomic mass is 16.7. The molecule has 2 aliphatic rings. The summed E-state index contributed by atoms with van der Waals surface area (Å²) in [6.45, 7) is 9.85. The molecular formula is C18H35NO3. The van der Waals surface area contributed by atoms with Crippen LogP contribution >= 0.6 is 0 Å². The Balaban J connectivity index is 1.55. The quantitative estimate of drug-likeness (QED) is 0.577. The van der Waals surface area contributed by atoms with Gasteiger partial charge in [-0.25, -0.2) is 0 Å². The van der Waals surface area contributed by atoms with Gasteiger partial charge in [0.15, 0.2) is 5.79 Å². The van der Waals surface area contributed by atoms with Gasteiger partial charge in [-0.1, -0.05) is 45.4 Å². The first kappa shape index (κ1) is 18.2. The van der Waals surface area contributed by atoms with Gasteiger partial charge < -0.3 is 14.2 Å². The number of rotatable bonds is 10. The maximum absolute atomic E-state index is 6.19. The molecule has 2 unspecified atom stereocenters. The topological polar surface area (TPSA) is 30.9 Å². The van der Waals surface area contributed by atoms with E-state index in [9.17, 15) is 0 Å². The molecule has 0 aromatic rings. The van der Waals surface area contributed by atoms with Gasteiger partial charge in [0.05, 0.1) is 25.9 Å². The SMILES string of the molecule is CCCCCCCCCC1(C)OCC(CN2CCOCC2)O1. The lowest BCUT2D eigenvalue weighted by atomic mass is 10.1. The first-order valence-corrected chi connectivity index (χ1v) is 9.34. The molecule has 0 radical (unpaired) electrons. The standard InChI is InChI=1S/C18H35NO3/c1-3-4-5-6-7-8-9-10-18(2)21-16-17(22-18)15-19-11-13-20-14-12-19/h17H,3-16H2,1-2H3. The minimum absolute atomic E-state index is 0.229. The second kappa shape index (κ2) is 9.86. The van der Waals surface area contributed by atoms with Crippen LogP contribution in [-0.2, 0) is 14.2 Å². The molecule has 0 aromatic carbocycles. The number of unbranched alkanes of at least 4 members (excludes halogenated alkanes) is 6. The van der Waals surface area contributed by atoms with Gasteiger partial charge in [-0.05, 0) is 13.3 Å². The highest BCUT2D eigenvalue weighted by Crippen LogP contribution is 2.29. The molecule has 2 atom stereocenters. The lowest BCUT2D eigenvalue weighted by Crippen LogP contribution is -2.42. The zero-order valence-corrected chi connectivity index (χ0v) is 14.6. The lowest BCUT2D eigenvalue weighted by molar-refractivity contribution is -0.161. The summed E-state index contributed by atoms with van der Waals surface area (Å²) in [6.07, 6.45) is 10.6. The Morgan fingerprint density at radius 2 is 1.68 bits per heavy atom. The molecule has 0 N–H and O–H groups in total. The first-order chi connectivity index (χ1) is 10.7. The Kier molecular flexibility index (Phi) is 8.15. The Morgan fingerprint density at radius 3 is 2.41 bits per heavy atom. The minimum Gasteiger partial charge on any atom is -0.379 e. The van der Waals surface area contributed by atoms with Gasteiger partial charge in [0, 0.05) is 26.1 Å². The van der Waals surface area contributed by atoms with E-state index in [-0.39, 0.29) is 11.9 Å². The van der Waals surface area contributed by atoms with Crippen LogP contribution in [-0.4, -0.2) is 56.2 Å². The van der Waals surface area contributed by atoms with Crippen molar-refractivity contribution in [2.24, 2.45) is 0 Å². The van der Waals surface area contributed by atoms with Gasteiger partial charge in [-0.15, -0.1) is 0 Å². The monoisotopic (exact) mass is 313 g/mol. The summed E-state index contributed by atoms with van der Waals surface area (Å²) in [5.41, 5.74) is 0. The van der Waals surface area contributed by atoms with Crippen LogP contribution in [0.2, 0.25) is 0 Å². The third-order valence-corrected chi connectivity index (χ3v) is 4.79. The largest absolute Gasteiger partial charge is 0.379 e. The summed E-state index contributed by atoms with van der Waals surface area (Å²) in [7, 11) is 0. The normalized spacial score (nSPS) is 30.0. The van der Waals surface area contributed by atoms with Crippen molar-refractivity contribution in [3.05, 3.63) is 0 Å². The van der Waals surface area contributed by atoms with Gasteiger partial charge in [0.2, 0.25) is 0 Å². The van der Waals surface area contributed by atoms with E-state index in [2.05, 4.69) is 18.7 Å². The Morgan fingerprint density at radius 1 is 1.00 bits per heavy atom. The Hall–Kier alpha value is -0.160. The van der Waals surface area contributed by atoms with Gasteiger partial charge in [0.25, 0.3) is 0 Å². The molecule has 130 valence electrons. The second-order valence-corrected chi connectivity index (χ2v) is 6.97. The summed E-state index contributed by atoms with van der Waals surface area (Å²) in [6, 6.07) is 0. The van der Waals surface area contributed by atoms with Gasteiger partial charge in [-0.2, -0.15) is 0 Å². The van der Waals surface area contributed by atoms with E-state index < -0.39 is 0 Å². The van der Waals surface area contributed by atoms with Crippen LogP contribution in [0.1, 0.15) is 65.2 Å². The Labute approximate surface area is 136 Å². The molecule has 0 aliphatic carbocycles. The molecule has 22 heavy (non-hydrogen) atoms. The molecule has 0 bridgehead atoms. The van der Waals surface area contributed by atoms with E-state index in [0.29, 0.717) is 0 Å². The first-order valence-electron chi connectivity index (χ1n) is 9.34. The number of hydrogen-bond acceptors (Lipinski definition) is 4.